The van der Waals surface area contributed by atoms with Crippen molar-refractivity contribution in [2.24, 2.45) is 0 Å². The van der Waals surface area contributed by atoms with Crippen LogP contribution in [0.1, 0.15) is 11.3 Å². The van der Waals surface area contributed by atoms with E-state index in [1.54, 1.807) is 6.20 Å². The molecule has 0 saturated heterocycles. The van der Waals surface area contributed by atoms with Crippen LogP contribution < -0.4 is 0 Å². The summed E-state index contributed by atoms with van der Waals surface area (Å²) in [4.78, 5) is 12.3. The first-order valence-corrected chi connectivity index (χ1v) is 4.96. The third kappa shape index (κ3) is 1.97. The van der Waals surface area contributed by atoms with Gasteiger partial charge in [0.15, 0.2) is 0 Å². The molecule has 76 valence electrons. The lowest BCUT2D eigenvalue weighted by Crippen LogP contribution is -1.92. The predicted octanol–water partition coefficient (Wildman–Crippen LogP) is 2.81. The molecule has 3 nitrogen and oxygen atoms in total. The van der Waals surface area contributed by atoms with Crippen LogP contribution in [-0.4, -0.2) is 15.0 Å². The van der Waals surface area contributed by atoms with Gasteiger partial charge in [0.2, 0.25) is 0 Å². The zero-order chi connectivity index (χ0) is 10.8. The summed E-state index contributed by atoms with van der Waals surface area (Å²) in [6.45, 7) is 3.86. The molecule has 0 aliphatic rings. The van der Waals surface area contributed by atoms with Crippen molar-refractivity contribution in [3.8, 4) is 11.3 Å². The highest BCUT2D eigenvalue weighted by molar-refractivity contribution is 6.30. The largest absolute Gasteiger partial charge is 0.262 e. The van der Waals surface area contributed by atoms with Crippen LogP contribution in [0.15, 0.2) is 24.7 Å². The quantitative estimate of drug-likeness (QED) is 0.693. The van der Waals surface area contributed by atoms with E-state index in [9.17, 15) is 0 Å². The topological polar surface area (TPSA) is 38.7 Å². The van der Waals surface area contributed by atoms with Gasteiger partial charge in [0.05, 0.1) is 5.69 Å². The van der Waals surface area contributed by atoms with Crippen LogP contribution in [-0.2, 0) is 0 Å². The fraction of sp³-hybridized carbons (Fsp3) is 0.182. The molecule has 0 fully saturated rings. The minimum atomic E-state index is 0.495. The molecular weight excluding hydrogens is 210 g/mol. The van der Waals surface area contributed by atoms with Gasteiger partial charge in [-0.25, -0.2) is 9.97 Å². The molecule has 0 aromatic carbocycles. The number of pyridine rings is 1. The smallest absolute Gasteiger partial charge is 0.135 e. The average molecular weight is 220 g/mol. The molecule has 4 heteroatoms. The molecule has 0 aliphatic heterocycles. The molecule has 2 heterocycles. The maximum atomic E-state index is 5.94. The van der Waals surface area contributed by atoms with Gasteiger partial charge in [0.25, 0.3) is 0 Å². The maximum absolute atomic E-state index is 5.94. The summed E-state index contributed by atoms with van der Waals surface area (Å²) in [7, 11) is 0. The van der Waals surface area contributed by atoms with Gasteiger partial charge in [-0.3, -0.25) is 4.98 Å². The summed E-state index contributed by atoms with van der Waals surface area (Å²) in [6, 6.07) is 3.89. The van der Waals surface area contributed by atoms with Crippen molar-refractivity contribution < 1.29 is 0 Å². The molecule has 15 heavy (non-hydrogen) atoms. The van der Waals surface area contributed by atoms with E-state index in [0.717, 1.165) is 22.5 Å². The molecule has 0 unspecified atom stereocenters. The monoisotopic (exact) mass is 219 g/mol. The fourth-order valence-electron chi connectivity index (χ4n) is 1.41. The second-order valence-corrected chi connectivity index (χ2v) is 3.68. The van der Waals surface area contributed by atoms with E-state index in [0.29, 0.717) is 5.15 Å². The van der Waals surface area contributed by atoms with Crippen LogP contribution in [0.3, 0.4) is 0 Å². The van der Waals surface area contributed by atoms with Gasteiger partial charge >= 0.3 is 0 Å². The molecule has 0 radical (unpaired) electrons. The van der Waals surface area contributed by atoms with Crippen LogP contribution in [0.2, 0.25) is 5.15 Å². The number of aryl methyl sites for hydroxylation is 1. The maximum Gasteiger partial charge on any atom is 0.135 e. The van der Waals surface area contributed by atoms with E-state index in [2.05, 4.69) is 15.0 Å². The molecule has 0 N–H and O–H groups in total. The number of halogens is 1. The Morgan fingerprint density at radius 1 is 1.13 bits per heavy atom. The summed E-state index contributed by atoms with van der Waals surface area (Å²) >= 11 is 5.94. The van der Waals surface area contributed by atoms with Gasteiger partial charge in [0.1, 0.15) is 11.5 Å². The molecule has 0 saturated carbocycles. The Morgan fingerprint density at radius 2 is 1.93 bits per heavy atom. The molecule has 0 spiro atoms. The highest BCUT2D eigenvalue weighted by atomic mass is 35.5. The Labute approximate surface area is 93.2 Å². The van der Waals surface area contributed by atoms with E-state index >= 15 is 0 Å². The third-order valence-corrected chi connectivity index (χ3v) is 2.57. The van der Waals surface area contributed by atoms with Crippen LogP contribution in [0.25, 0.3) is 11.3 Å². The third-order valence-electron chi connectivity index (χ3n) is 2.19. The lowest BCUT2D eigenvalue weighted by Gasteiger charge is -2.05. The molecule has 2 aromatic rings. The van der Waals surface area contributed by atoms with Crippen LogP contribution >= 0.6 is 11.6 Å². The molecular formula is C11H10ClN3. The first-order valence-electron chi connectivity index (χ1n) is 4.58. The van der Waals surface area contributed by atoms with Crippen molar-refractivity contribution in [3.05, 3.63) is 41.1 Å². The van der Waals surface area contributed by atoms with Crippen LogP contribution in [0.4, 0.5) is 0 Å². The van der Waals surface area contributed by atoms with Crippen molar-refractivity contribution >= 4 is 11.6 Å². The number of hydrogen-bond acceptors (Lipinski definition) is 3. The minimum absolute atomic E-state index is 0.495. The highest BCUT2D eigenvalue weighted by Crippen LogP contribution is 2.24. The number of hydrogen-bond donors (Lipinski definition) is 0. The second-order valence-electron chi connectivity index (χ2n) is 3.32. The lowest BCUT2D eigenvalue weighted by atomic mass is 10.1. The van der Waals surface area contributed by atoms with Crippen molar-refractivity contribution in [1.29, 1.82) is 0 Å². The Morgan fingerprint density at radius 3 is 2.67 bits per heavy atom. The number of nitrogens with zero attached hydrogens (tertiary/aromatic N) is 3. The molecule has 0 atom stereocenters. The summed E-state index contributed by atoms with van der Waals surface area (Å²) < 4.78 is 0. The summed E-state index contributed by atoms with van der Waals surface area (Å²) in [5, 5.41) is 0.495. The van der Waals surface area contributed by atoms with Gasteiger partial charge in [-0.05, 0) is 26.0 Å². The zero-order valence-electron chi connectivity index (χ0n) is 8.53. The molecule has 2 rings (SSSR count). The number of rotatable bonds is 1. The summed E-state index contributed by atoms with van der Waals surface area (Å²) in [6.07, 6.45) is 3.24. The van der Waals surface area contributed by atoms with Crippen LogP contribution in [0.5, 0.6) is 0 Å². The number of aromatic nitrogens is 3. The van der Waals surface area contributed by atoms with Crippen molar-refractivity contribution in [2.75, 3.05) is 0 Å². The first-order chi connectivity index (χ1) is 7.18. The Bertz CT molecular complexity index is 497. The van der Waals surface area contributed by atoms with Gasteiger partial charge in [-0.2, -0.15) is 0 Å². The second kappa shape index (κ2) is 3.95. The van der Waals surface area contributed by atoms with Gasteiger partial charge in [-0.15, -0.1) is 0 Å². The van der Waals surface area contributed by atoms with Crippen LogP contribution in [0, 0.1) is 13.8 Å². The van der Waals surface area contributed by atoms with Crippen molar-refractivity contribution in [2.45, 2.75) is 13.8 Å². The van der Waals surface area contributed by atoms with Gasteiger partial charge in [-0.1, -0.05) is 11.6 Å². The van der Waals surface area contributed by atoms with E-state index in [1.807, 2.05) is 26.0 Å². The normalized spacial score (nSPS) is 10.3. The zero-order valence-corrected chi connectivity index (χ0v) is 9.28. The lowest BCUT2D eigenvalue weighted by molar-refractivity contribution is 1.12. The molecule has 0 bridgehead atoms. The Kier molecular flexibility index (Phi) is 2.64. The standard InChI is InChI=1S/C11H10ClN3/c1-7-5-9(3-4-13-7)10-8(2)11(12)15-6-14-10/h3-6H,1-2H3. The average Bonchev–Trinajstić information content (AvgIpc) is 2.22. The summed E-state index contributed by atoms with van der Waals surface area (Å²) in [5.74, 6) is 0. The Balaban J connectivity index is 2.59. The summed E-state index contributed by atoms with van der Waals surface area (Å²) in [5.41, 5.74) is 3.73. The minimum Gasteiger partial charge on any atom is -0.262 e. The highest BCUT2D eigenvalue weighted by Gasteiger charge is 2.07. The molecule has 2 aromatic heterocycles. The first kappa shape index (κ1) is 10.1. The van der Waals surface area contributed by atoms with E-state index in [4.69, 9.17) is 11.6 Å². The van der Waals surface area contributed by atoms with E-state index in [-0.39, 0.29) is 0 Å². The molecule has 0 aliphatic carbocycles. The van der Waals surface area contributed by atoms with E-state index in [1.165, 1.54) is 6.33 Å². The van der Waals surface area contributed by atoms with Crippen molar-refractivity contribution in [1.82, 2.24) is 15.0 Å². The van der Waals surface area contributed by atoms with Gasteiger partial charge < -0.3 is 0 Å². The predicted molar refractivity (Wildman–Crippen MR) is 59.7 cm³/mol. The Hall–Kier alpha value is -1.48. The SMILES string of the molecule is Cc1cc(-c2ncnc(Cl)c2C)ccn1. The van der Waals surface area contributed by atoms with Crippen molar-refractivity contribution in [3.63, 3.8) is 0 Å². The fourth-order valence-corrected chi connectivity index (χ4v) is 1.55. The van der Waals surface area contributed by atoms with E-state index < -0.39 is 0 Å². The van der Waals surface area contributed by atoms with Gasteiger partial charge in [0, 0.05) is 23.0 Å². The molecule has 0 amide bonds.